The van der Waals surface area contributed by atoms with Gasteiger partial charge in [-0.15, -0.1) is 11.3 Å². The first-order valence-corrected chi connectivity index (χ1v) is 10.2. The number of anilines is 2. The van der Waals surface area contributed by atoms with E-state index in [2.05, 4.69) is 15.6 Å². The van der Waals surface area contributed by atoms with Crippen molar-refractivity contribution >= 4 is 39.7 Å². The van der Waals surface area contributed by atoms with Gasteiger partial charge in [0.1, 0.15) is 10.8 Å². The fourth-order valence-electron chi connectivity index (χ4n) is 3.05. The third-order valence-corrected chi connectivity index (χ3v) is 5.67. The summed E-state index contributed by atoms with van der Waals surface area (Å²) in [5, 5.41) is 7.79. The number of pyridine rings is 1. The number of carbonyl (C=O) groups excluding carboxylic acids is 1. The number of nitrogens with one attached hydrogen (secondary N) is 2. The molecule has 0 aliphatic heterocycles. The van der Waals surface area contributed by atoms with Gasteiger partial charge in [0, 0.05) is 21.7 Å². The third-order valence-electron chi connectivity index (χ3n) is 4.34. The van der Waals surface area contributed by atoms with E-state index in [-0.39, 0.29) is 17.7 Å². The Morgan fingerprint density at radius 1 is 1.10 bits per heavy atom. The van der Waals surface area contributed by atoms with Crippen LogP contribution in [-0.2, 0) is 0 Å². The number of halogens is 1. The molecule has 1 atom stereocenters. The predicted molar refractivity (Wildman–Crippen MR) is 117 cm³/mol. The third kappa shape index (κ3) is 4.34. The van der Waals surface area contributed by atoms with Gasteiger partial charge in [-0.1, -0.05) is 35.9 Å². The van der Waals surface area contributed by atoms with Crippen molar-refractivity contribution in [2.45, 2.75) is 13.0 Å². The number of benzene rings is 1. The molecule has 0 bridgehead atoms. The van der Waals surface area contributed by atoms with Crippen LogP contribution >= 0.6 is 22.9 Å². The molecule has 5 nitrogen and oxygen atoms in total. The first-order valence-electron chi connectivity index (χ1n) is 8.99. The second kappa shape index (κ2) is 8.51. The number of hydrogen-bond acceptors (Lipinski definition) is 5. The molecule has 146 valence electrons. The summed E-state index contributed by atoms with van der Waals surface area (Å²) >= 11 is 8.02. The van der Waals surface area contributed by atoms with E-state index in [1.807, 2.05) is 55.5 Å². The molecular formula is C22H18ClN3O2S. The molecule has 0 aliphatic rings. The zero-order valence-corrected chi connectivity index (χ0v) is 17.1. The Kier molecular flexibility index (Phi) is 5.64. The molecule has 1 amide bonds. The summed E-state index contributed by atoms with van der Waals surface area (Å²) in [4.78, 5) is 18.0. The van der Waals surface area contributed by atoms with Crippen molar-refractivity contribution < 1.29 is 9.21 Å². The van der Waals surface area contributed by atoms with E-state index in [0.717, 1.165) is 21.0 Å². The van der Waals surface area contributed by atoms with Crippen LogP contribution in [0.4, 0.5) is 10.8 Å². The van der Waals surface area contributed by atoms with Crippen LogP contribution in [0.5, 0.6) is 0 Å². The SMILES string of the molecule is Cc1cc([C@H](Nc2ccccn2)c2ccccc2Cl)c(NC(=O)c2ccco2)s1. The maximum absolute atomic E-state index is 12.6. The fourth-order valence-corrected chi connectivity index (χ4v) is 4.24. The number of thiophene rings is 1. The van der Waals surface area contributed by atoms with Crippen LogP contribution in [0, 0.1) is 6.92 Å². The summed E-state index contributed by atoms with van der Waals surface area (Å²) in [6, 6.07) is 18.4. The van der Waals surface area contributed by atoms with Crippen molar-refractivity contribution in [1.82, 2.24) is 4.98 Å². The highest BCUT2D eigenvalue weighted by Gasteiger charge is 2.24. The number of rotatable bonds is 6. The number of furan rings is 1. The lowest BCUT2D eigenvalue weighted by Crippen LogP contribution is -2.17. The van der Waals surface area contributed by atoms with Gasteiger partial charge in [-0.05, 0) is 48.9 Å². The van der Waals surface area contributed by atoms with Crippen LogP contribution in [0.2, 0.25) is 5.02 Å². The maximum atomic E-state index is 12.6. The van der Waals surface area contributed by atoms with Gasteiger partial charge in [0.05, 0.1) is 12.3 Å². The molecule has 0 saturated carbocycles. The first kappa shape index (κ1) is 19.2. The highest BCUT2D eigenvalue weighted by atomic mass is 35.5. The molecule has 3 aromatic heterocycles. The van der Waals surface area contributed by atoms with Gasteiger partial charge in [0.2, 0.25) is 0 Å². The van der Waals surface area contributed by atoms with Crippen molar-refractivity contribution in [2.75, 3.05) is 10.6 Å². The topological polar surface area (TPSA) is 67.2 Å². The molecule has 7 heteroatoms. The van der Waals surface area contributed by atoms with Gasteiger partial charge < -0.3 is 15.1 Å². The minimum absolute atomic E-state index is 0.258. The van der Waals surface area contributed by atoms with Gasteiger partial charge in [0.25, 0.3) is 5.91 Å². The van der Waals surface area contributed by atoms with E-state index < -0.39 is 0 Å². The van der Waals surface area contributed by atoms with Gasteiger partial charge in [-0.25, -0.2) is 4.98 Å². The molecule has 2 N–H and O–H groups in total. The lowest BCUT2D eigenvalue weighted by molar-refractivity contribution is 0.0997. The normalized spacial score (nSPS) is 11.8. The van der Waals surface area contributed by atoms with E-state index in [4.69, 9.17) is 16.0 Å². The van der Waals surface area contributed by atoms with Crippen molar-refractivity contribution in [3.05, 3.63) is 99.9 Å². The average molecular weight is 424 g/mol. The van der Waals surface area contributed by atoms with Crippen LogP contribution < -0.4 is 10.6 Å². The van der Waals surface area contributed by atoms with Gasteiger partial charge in [-0.2, -0.15) is 0 Å². The largest absolute Gasteiger partial charge is 0.459 e. The van der Waals surface area contributed by atoms with Crippen molar-refractivity contribution in [1.29, 1.82) is 0 Å². The lowest BCUT2D eigenvalue weighted by atomic mass is 9.99. The highest BCUT2D eigenvalue weighted by Crippen LogP contribution is 2.39. The van der Waals surface area contributed by atoms with Gasteiger partial charge in [-0.3, -0.25) is 4.79 Å². The Hall–Kier alpha value is -3.09. The molecule has 0 saturated heterocycles. The minimum atomic E-state index is -0.297. The average Bonchev–Trinajstić information content (AvgIpc) is 3.38. The number of aromatic nitrogens is 1. The van der Waals surface area contributed by atoms with E-state index in [1.165, 1.54) is 17.6 Å². The zero-order chi connectivity index (χ0) is 20.2. The molecule has 0 fully saturated rings. The summed E-state index contributed by atoms with van der Waals surface area (Å²) < 4.78 is 5.22. The molecule has 4 rings (SSSR count). The standard InChI is InChI=1S/C22H18ClN3O2S/c1-14-13-16(22(29-14)26-21(27)18-9-6-12-28-18)20(15-7-2-3-8-17(15)23)25-19-10-4-5-11-24-19/h2-13,20H,1H3,(H,24,25)(H,26,27)/t20-/m1/s1. The van der Waals surface area contributed by atoms with Gasteiger partial charge in [0.15, 0.2) is 5.76 Å². The highest BCUT2D eigenvalue weighted by molar-refractivity contribution is 7.16. The Morgan fingerprint density at radius 2 is 1.93 bits per heavy atom. The minimum Gasteiger partial charge on any atom is -0.459 e. The van der Waals surface area contributed by atoms with Crippen LogP contribution in [0.15, 0.2) is 77.5 Å². The fraction of sp³-hybridized carbons (Fsp3) is 0.0909. The number of amides is 1. The van der Waals surface area contributed by atoms with E-state index in [0.29, 0.717) is 10.8 Å². The summed E-state index contributed by atoms with van der Waals surface area (Å²) in [5.74, 6) is 0.674. The van der Waals surface area contributed by atoms with Crippen molar-refractivity contribution in [3.63, 3.8) is 0 Å². The molecule has 0 radical (unpaired) electrons. The molecule has 29 heavy (non-hydrogen) atoms. The van der Waals surface area contributed by atoms with E-state index in [9.17, 15) is 4.79 Å². The Morgan fingerprint density at radius 3 is 2.66 bits per heavy atom. The van der Waals surface area contributed by atoms with E-state index in [1.54, 1.807) is 18.3 Å². The van der Waals surface area contributed by atoms with Crippen LogP contribution in [0.3, 0.4) is 0 Å². The van der Waals surface area contributed by atoms with Crippen LogP contribution in [0.1, 0.15) is 32.6 Å². The van der Waals surface area contributed by atoms with Crippen LogP contribution in [0.25, 0.3) is 0 Å². The molecule has 3 heterocycles. The van der Waals surface area contributed by atoms with Crippen molar-refractivity contribution in [3.8, 4) is 0 Å². The summed E-state index contributed by atoms with van der Waals surface area (Å²) in [7, 11) is 0. The quantitative estimate of drug-likeness (QED) is 0.390. The number of aryl methyl sites for hydroxylation is 1. The molecule has 0 spiro atoms. The Labute approximate surface area is 177 Å². The predicted octanol–water partition coefficient (Wildman–Crippen LogP) is 6.15. The Bertz CT molecular complexity index is 1110. The zero-order valence-electron chi connectivity index (χ0n) is 15.6. The van der Waals surface area contributed by atoms with E-state index >= 15 is 0 Å². The second-order valence-corrected chi connectivity index (χ2v) is 8.05. The van der Waals surface area contributed by atoms with Gasteiger partial charge >= 0.3 is 0 Å². The molecule has 0 unspecified atom stereocenters. The van der Waals surface area contributed by atoms with Crippen LogP contribution in [-0.4, -0.2) is 10.9 Å². The molecule has 1 aromatic carbocycles. The maximum Gasteiger partial charge on any atom is 0.291 e. The second-order valence-electron chi connectivity index (χ2n) is 6.39. The smallest absolute Gasteiger partial charge is 0.291 e. The number of hydrogen-bond donors (Lipinski definition) is 2. The molecule has 4 aromatic rings. The number of carbonyl (C=O) groups is 1. The molecule has 0 aliphatic carbocycles. The Balaban J connectivity index is 1.74. The van der Waals surface area contributed by atoms with Crippen molar-refractivity contribution in [2.24, 2.45) is 0 Å². The first-order chi connectivity index (χ1) is 14.1. The lowest BCUT2D eigenvalue weighted by Gasteiger charge is -2.22. The summed E-state index contributed by atoms with van der Waals surface area (Å²) in [6.07, 6.45) is 3.20. The number of nitrogens with zero attached hydrogens (tertiary/aromatic N) is 1. The monoisotopic (exact) mass is 423 g/mol. The summed E-state index contributed by atoms with van der Waals surface area (Å²) in [5.41, 5.74) is 1.80. The molecular weight excluding hydrogens is 406 g/mol. The summed E-state index contributed by atoms with van der Waals surface area (Å²) in [6.45, 7) is 2.00.